The van der Waals surface area contributed by atoms with Gasteiger partial charge in [-0.25, -0.2) is 4.79 Å². The van der Waals surface area contributed by atoms with Crippen LogP contribution in [0.2, 0.25) is 0 Å². The minimum atomic E-state index is 0.0328. The van der Waals surface area contributed by atoms with Crippen LogP contribution in [0.1, 0.15) is 31.9 Å². The van der Waals surface area contributed by atoms with Gasteiger partial charge in [0.15, 0.2) is 0 Å². The Balaban J connectivity index is 2.91. The number of aromatic nitrogens is 2. The molecule has 0 saturated carbocycles. The summed E-state index contributed by atoms with van der Waals surface area (Å²) >= 11 is 0. The van der Waals surface area contributed by atoms with Gasteiger partial charge in [0.25, 0.3) is 0 Å². The van der Waals surface area contributed by atoms with Gasteiger partial charge in [0, 0.05) is 14.1 Å². The molecular formula is C14H20N2O. The minimum Gasteiger partial charge on any atom is -0.295 e. The molecule has 0 saturated heterocycles. The first-order valence-corrected chi connectivity index (χ1v) is 5.90. The van der Waals surface area contributed by atoms with E-state index in [1.54, 1.807) is 9.13 Å². The number of hydrogen-bond donors (Lipinski definition) is 0. The van der Waals surface area contributed by atoms with Crippen molar-refractivity contribution in [3.05, 3.63) is 33.7 Å². The summed E-state index contributed by atoms with van der Waals surface area (Å²) in [4.78, 5) is 11.9. The van der Waals surface area contributed by atoms with E-state index in [0.29, 0.717) is 0 Å². The van der Waals surface area contributed by atoms with Gasteiger partial charge < -0.3 is 0 Å². The Hall–Kier alpha value is -1.51. The number of benzene rings is 1. The van der Waals surface area contributed by atoms with Crippen LogP contribution < -0.4 is 5.69 Å². The van der Waals surface area contributed by atoms with E-state index in [1.165, 1.54) is 11.1 Å². The normalized spacial score (nSPS) is 12.4. The van der Waals surface area contributed by atoms with E-state index in [1.807, 2.05) is 14.1 Å². The van der Waals surface area contributed by atoms with Crippen LogP contribution in [0.15, 0.2) is 16.9 Å². The lowest BCUT2D eigenvalue weighted by Crippen LogP contribution is -2.19. The smallest absolute Gasteiger partial charge is 0.295 e. The van der Waals surface area contributed by atoms with Gasteiger partial charge in [-0.2, -0.15) is 0 Å². The predicted molar refractivity (Wildman–Crippen MR) is 71.6 cm³/mol. The van der Waals surface area contributed by atoms with Crippen molar-refractivity contribution in [2.24, 2.45) is 14.1 Å². The molecule has 0 spiro atoms. The van der Waals surface area contributed by atoms with Crippen LogP contribution in [0.25, 0.3) is 11.0 Å². The van der Waals surface area contributed by atoms with E-state index in [2.05, 4.69) is 39.8 Å². The average Bonchev–Trinajstić information content (AvgIpc) is 2.41. The van der Waals surface area contributed by atoms with Crippen molar-refractivity contribution >= 4 is 11.0 Å². The van der Waals surface area contributed by atoms with Crippen LogP contribution in [0.5, 0.6) is 0 Å². The van der Waals surface area contributed by atoms with E-state index < -0.39 is 0 Å². The third-order valence-electron chi connectivity index (χ3n) is 3.43. The first-order chi connectivity index (χ1) is 7.73. The molecule has 2 aromatic rings. The molecule has 1 aromatic carbocycles. The summed E-state index contributed by atoms with van der Waals surface area (Å²) < 4.78 is 3.42. The molecule has 0 unspecified atom stereocenters. The second-order valence-corrected chi connectivity index (χ2v) is 5.81. The Morgan fingerprint density at radius 3 is 1.94 bits per heavy atom. The molecule has 0 aliphatic carbocycles. The maximum atomic E-state index is 11.9. The summed E-state index contributed by atoms with van der Waals surface area (Å²) in [5.41, 5.74) is 4.68. The summed E-state index contributed by atoms with van der Waals surface area (Å²) in [5, 5.41) is 0. The maximum Gasteiger partial charge on any atom is 0.328 e. The third-order valence-corrected chi connectivity index (χ3v) is 3.43. The number of nitrogens with zero attached hydrogens (tertiary/aromatic N) is 2. The zero-order chi connectivity index (χ0) is 13.0. The maximum absolute atomic E-state index is 11.9. The SMILES string of the molecule is Cc1cc2c(cc1C(C)(C)C)n(C)c(=O)n2C. The molecule has 0 fully saturated rings. The first-order valence-electron chi connectivity index (χ1n) is 5.90. The van der Waals surface area contributed by atoms with Crippen molar-refractivity contribution in [1.29, 1.82) is 0 Å². The van der Waals surface area contributed by atoms with Crippen molar-refractivity contribution in [3.63, 3.8) is 0 Å². The molecule has 17 heavy (non-hydrogen) atoms. The van der Waals surface area contributed by atoms with E-state index >= 15 is 0 Å². The quantitative estimate of drug-likeness (QED) is 0.685. The zero-order valence-electron chi connectivity index (χ0n) is 11.5. The van der Waals surface area contributed by atoms with Crippen LogP contribution in [0, 0.1) is 6.92 Å². The molecule has 0 N–H and O–H groups in total. The summed E-state index contributed by atoms with van der Waals surface area (Å²) in [6, 6.07) is 4.25. The van der Waals surface area contributed by atoms with Gasteiger partial charge in [0.1, 0.15) is 0 Å². The molecule has 0 aliphatic rings. The number of hydrogen-bond acceptors (Lipinski definition) is 1. The van der Waals surface area contributed by atoms with Gasteiger partial charge >= 0.3 is 5.69 Å². The summed E-state index contributed by atoms with van der Waals surface area (Å²) in [6.45, 7) is 8.70. The molecular weight excluding hydrogens is 212 g/mol. The zero-order valence-corrected chi connectivity index (χ0v) is 11.5. The summed E-state index contributed by atoms with van der Waals surface area (Å²) in [5.74, 6) is 0. The van der Waals surface area contributed by atoms with E-state index in [4.69, 9.17) is 0 Å². The Kier molecular flexibility index (Phi) is 2.45. The Bertz CT molecular complexity index is 639. The van der Waals surface area contributed by atoms with Crippen LogP contribution in [0.3, 0.4) is 0 Å². The van der Waals surface area contributed by atoms with Crippen LogP contribution in [-0.4, -0.2) is 9.13 Å². The van der Waals surface area contributed by atoms with Gasteiger partial charge in [0.2, 0.25) is 0 Å². The van der Waals surface area contributed by atoms with E-state index in [9.17, 15) is 4.79 Å². The predicted octanol–water partition coefficient (Wildman–Crippen LogP) is 2.48. The molecule has 0 atom stereocenters. The van der Waals surface area contributed by atoms with Crippen LogP contribution in [-0.2, 0) is 19.5 Å². The number of aryl methyl sites for hydroxylation is 3. The molecule has 0 radical (unpaired) electrons. The lowest BCUT2D eigenvalue weighted by Gasteiger charge is -2.22. The topological polar surface area (TPSA) is 26.9 Å². The molecule has 92 valence electrons. The minimum absolute atomic E-state index is 0.0328. The first kappa shape index (κ1) is 12.0. The Morgan fingerprint density at radius 2 is 1.47 bits per heavy atom. The summed E-state index contributed by atoms with van der Waals surface area (Å²) in [7, 11) is 3.65. The van der Waals surface area contributed by atoms with Crippen LogP contribution in [0.4, 0.5) is 0 Å². The highest BCUT2D eigenvalue weighted by Crippen LogP contribution is 2.28. The van der Waals surface area contributed by atoms with Gasteiger partial charge in [-0.05, 0) is 35.6 Å². The highest BCUT2D eigenvalue weighted by atomic mass is 16.1. The number of fused-ring (bicyclic) bond motifs is 1. The van der Waals surface area contributed by atoms with Gasteiger partial charge in [0.05, 0.1) is 11.0 Å². The van der Waals surface area contributed by atoms with E-state index in [-0.39, 0.29) is 11.1 Å². The third kappa shape index (κ3) is 1.70. The molecule has 1 heterocycles. The fourth-order valence-electron chi connectivity index (χ4n) is 2.46. The standard InChI is InChI=1S/C14H20N2O/c1-9-7-11-12(8-10(9)14(2,3)4)16(6)13(17)15(11)5/h7-8H,1-6H3. The highest BCUT2D eigenvalue weighted by Gasteiger charge is 2.19. The second-order valence-electron chi connectivity index (χ2n) is 5.81. The van der Waals surface area contributed by atoms with Crippen molar-refractivity contribution in [3.8, 4) is 0 Å². The van der Waals surface area contributed by atoms with Crippen molar-refractivity contribution in [2.45, 2.75) is 33.1 Å². The van der Waals surface area contributed by atoms with Crippen molar-refractivity contribution in [2.75, 3.05) is 0 Å². The fraction of sp³-hybridized carbons (Fsp3) is 0.500. The van der Waals surface area contributed by atoms with Gasteiger partial charge in [-0.15, -0.1) is 0 Å². The Labute approximate surface area is 102 Å². The van der Waals surface area contributed by atoms with Crippen molar-refractivity contribution in [1.82, 2.24) is 9.13 Å². The lowest BCUT2D eigenvalue weighted by molar-refractivity contribution is 0.586. The highest BCUT2D eigenvalue weighted by molar-refractivity contribution is 5.78. The van der Waals surface area contributed by atoms with Crippen LogP contribution >= 0.6 is 0 Å². The van der Waals surface area contributed by atoms with Crippen molar-refractivity contribution < 1.29 is 0 Å². The average molecular weight is 232 g/mol. The fourth-order valence-corrected chi connectivity index (χ4v) is 2.46. The second kappa shape index (κ2) is 3.49. The monoisotopic (exact) mass is 232 g/mol. The van der Waals surface area contributed by atoms with Gasteiger partial charge in [-0.3, -0.25) is 9.13 Å². The number of rotatable bonds is 0. The molecule has 3 nitrogen and oxygen atoms in total. The largest absolute Gasteiger partial charge is 0.328 e. The lowest BCUT2D eigenvalue weighted by atomic mass is 9.84. The molecule has 0 aliphatic heterocycles. The molecule has 3 heteroatoms. The van der Waals surface area contributed by atoms with Gasteiger partial charge in [-0.1, -0.05) is 20.8 Å². The summed E-state index contributed by atoms with van der Waals surface area (Å²) in [6.07, 6.45) is 0. The molecule has 0 bridgehead atoms. The molecule has 1 aromatic heterocycles. The number of imidazole rings is 1. The Morgan fingerprint density at radius 1 is 1.00 bits per heavy atom. The molecule has 0 amide bonds. The van der Waals surface area contributed by atoms with E-state index in [0.717, 1.165) is 11.0 Å². The molecule has 2 rings (SSSR count).